The number of hydrogen-bond donors (Lipinski definition) is 4. The highest BCUT2D eigenvalue weighted by Crippen LogP contribution is 2.25. The molecular formula is C16H20N6. The van der Waals surface area contributed by atoms with Crippen LogP contribution >= 0.6 is 0 Å². The summed E-state index contributed by atoms with van der Waals surface area (Å²) in [6.45, 7) is 2.65. The van der Waals surface area contributed by atoms with Gasteiger partial charge in [0.1, 0.15) is 0 Å². The Kier molecular flexibility index (Phi) is 4.32. The molecular weight excluding hydrogens is 276 g/mol. The number of fused-ring (bicyclic) bond motifs is 3. The minimum atomic E-state index is 0.593. The summed E-state index contributed by atoms with van der Waals surface area (Å²) in [5, 5.41) is 8.59. The van der Waals surface area contributed by atoms with Crippen molar-refractivity contribution in [2.45, 2.75) is 0 Å². The Morgan fingerprint density at radius 1 is 0.773 bits per heavy atom. The molecule has 3 aromatic rings. The molecule has 114 valence electrons. The molecule has 6 nitrogen and oxygen atoms in total. The highest BCUT2D eigenvalue weighted by molar-refractivity contribution is 6.04. The van der Waals surface area contributed by atoms with Crippen LogP contribution in [0.3, 0.4) is 0 Å². The maximum atomic E-state index is 5.51. The lowest BCUT2D eigenvalue weighted by molar-refractivity contribution is 1.02. The van der Waals surface area contributed by atoms with E-state index in [9.17, 15) is 0 Å². The first-order chi connectivity index (χ1) is 10.8. The Morgan fingerprint density at radius 2 is 1.23 bits per heavy atom. The zero-order chi connectivity index (χ0) is 15.4. The molecule has 0 aliphatic heterocycles. The number of nitrogens with one attached hydrogen (secondary N) is 2. The molecule has 0 saturated heterocycles. The van der Waals surface area contributed by atoms with E-state index in [1.807, 2.05) is 12.4 Å². The first-order valence-corrected chi connectivity index (χ1v) is 7.38. The van der Waals surface area contributed by atoms with Gasteiger partial charge in [-0.05, 0) is 12.1 Å². The minimum Gasteiger partial charge on any atom is -0.383 e. The lowest BCUT2D eigenvalue weighted by atomic mass is 10.1. The molecule has 1 aromatic carbocycles. The predicted octanol–water partition coefficient (Wildman–Crippen LogP) is 1.52. The van der Waals surface area contributed by atoms with Crippen LogP contribution in [0.25, 0.3) is 21.8 Å². The number of rotatable bonds is 6. The normalized spacial score (nSPS) is 11.0. The second-order valence-electron chi connectivity index (χ2n) is 5.09. The summed E-state index contributed by atoms with van der Waals surface area (Å²) in [5.74, 6) is 0. The summed E-state index contributed by atoms with van der Waals surface area (Å²) in [6.07, 6.45) is 3.64. The number of nitrogens with zero attached hydrogens (tertiary/aromatic N) is 2. The highest BCUT2D eigenvalue weighted by atomic mass is 14.9. The van der Waals surface area contributed by atoms with Crippen LogP contribution < -0.4 is 22.1 Å². The van der Waals surface area contributed by atoms with Gasteiger partial charge in [0.2, 0.25) is 0 Å². The van der Waals surface area contributed by atoms with E-state index in [2.05, 4.69) is 44.9 Å². The number of benzene rings is 1. The molecule has 0 aliphatic carbocycles. The Labute approximate surface area is 128 Å². The van der Waals surface area contributed by atoms with Crippen LogP contribution in [0, 0.1) is 0 Å². The molecule has 0 saturated carbocycles. The van der Waals surface area contributed by atoms with Gasteiger partial charge in [0, 0.05) is 37.0 Å². The lowest BCUT2D eigenvalue weighted by Gasteiger charge is -2.09. The van der Waals surface area contributed by atoms with Crippen molar-refractivity contribution in [2.24, 2.45) is 11.5 Å². The Hall–Kier alpha value is -2.44. The Morgan fingerprint density at radius 3 is 1.64 bits per heavy atom. The van der Waals surface area contributed by atoms with E-state index in [4.69, 9.17) is 11.5 Å². The fraction of sp³-hybridized carbons (Fsp3) is 0.250. The van der Waals surface area contributed by atoms with Crippen LogP contribution in [-0.4, -0.2) is 36.1 Å². The fourth-order valence-electron chi connectivity index (χ4n) is 2.42. The van der Waals surface area contributed by atoms with Crippen molar-refractivity contribution in [3.63, 3.8) is 0 Å². The summed E-state index contributed by atoms with van der Waals surface area (Å²) < 4.78 is 0. The second-order valence-corrected chi connectivity index (χ2v) is 5.09. The van der Waals surface area contributed by atoms with E-state index in [1.165, 1.54) is 0 Å². The molecule has 2 aromatic heterocycles. The van der Waals surface area contributed by atoms with Gasteiger partial charge in [0.25, 0.3) is 0 Å². The van der Waals surface area contributed by atoms with Gasteiger partial charge < -0.3 is 22.1 Å². The number of pyridine rings is 2. The largest absolute Gasteiger partial charge is 0.383 e. The topological polar surface area (TPSA) is 102 Å². The van der Waals surface area contributed by atoms with Gasteiger partial charge in [-0.1, -0.05) is 12.1 Å². The molecule has 0 bridgehead atoms. The van der Waals surface area contributed by atoms with E-state index < -0.39 is 0 Å². The van der Waals surface area contributed by atoms with Gasteiger partial charge in [-0.25, -0.2) is 0 Å². The molecule has 0 atom stereocenters. The van der Waals surface area contributed by atoms with Crippen LogP contribution in [0.4, 0.5) is 11.4 Å². The zero-order valence-electron chi connectivity index (χ0n) is 12.3. The maximum absolute atomic E-state index is 5.51. The predicted molar refractivity (Wildman–Crippen MR) is 92.1 cm³/mol. The molecule has 6 N–H and O–H groups in total. The summed E-state index contributed by atoms with van der Waals surface area (Å²) >= 11 is 0. The summed E-state index contributed by atoms with van der Waals surface area (Å²) in [5.41, 5.74) is 14.8. The highest BCUT2D eigenvalue weighted by Gasteiger charge is 2.05. The third-order valence-electron chi connectivity index (χ3n) is 3.45. The molecule has 2 heterocycles. The van der Waals surface area contributed by atoms with Crippen molar-refractivity contribution in [3.8, 4) is 0 Å². The lowest BCUT2D eigenvalue weighted by Crippen LogP contribution is -2.13. The van der Waals surface area contributed by atoms with E-state index in [0.29, 0.717) is 13.1 Å². The molecule has 0 unspecified atom stereocenters. The second kappa shape index (κ2) is 6.55. The number of aromatic nitrogens is 2. The van der Waals surface area contributed by atoms with Gasteiger partial charge in [0.15, 0.2) is 0 Å². The number of hydrogen-bond acceptors (Lipinski definition) is 6. The van der Waals surface area contributed by atoms with Gasteiger partial charge >= 0.3 is 0 Å². The average Bonchev–Trinajstić information content (AvgIpc) is 2.57. The van der Waals surface area contributed by atoms with Crippen LogP contribution in [-0.2, 0) is 0 Å². The fourth-order valence-corrected chi connectivity index (χ4v) is 2.42. The van der Waals surface area contributed by atoms with Crippen LogP contribution in [0.2, 0.25) is 0 Å². The zero-order valence-corrected chi connectivity index (χ0v) is 12.3. The average molecular weight is 296 g/mol. The summed E-state index contributed by atoms with van der Waals surface area (Å²) in [4.78, 5) is 9.10. The molecule has 6 heteroatoms. The van der Waals surface area contributed by atoms with E-state index in [0.717, 1.165) is 46.3 Å². The third kappa shape index (κ3) is 2.93. The standard InChI is InChI=1S/C16H20N6/c17-3-5-19-13-7-11-1-2-12-8-14(20-6-4-18)10-22-16(12)15(11)21-9-13/h1-2,7-10,19-20H,3-6,17-18H2. The van der Waals surface area contributed by atoms with E-state index >= 15 is 0 Å². The van der Waals surface area contributed by atoms with Crippen LogP contribution in [0.1, 0.15) is 0 Å². The van der Waals surface area contributed by atoms with Crippen molar-refractivity contribution in [3.05, 3.63) is 36.7 Å². The molecule has 3 rings (SSSR count). The van der Waals surface area contributed by atoms with E-state index in [1.54, 1.807) is 0 Å². The van der Waals surface area contributed by atoms with Crippen molar-refractivity contribution in [2.75, 3.05) is 36.8 Å². The molecule has 0 spiro atoms. The first kappa shape index (κ1) is 14.5. The smallest absolute Gasteiger partial charge is 0.0966 e. The third-order valence-corrected chi connectivity index (χ3v) is 3.45. The van der Waals surface area contributed by atoms with Crippen molar-refractivity contribution in [1.29, 1.82) is 0 Å². The van der Waals surface area contributed by atoms with Crippen molar-refractivity contribution < 1.29 is 0 Å². The molecule has 22 heavy (non-hydrogen) atoms. The number of anilines is 2. The monoisotopic (exact) mass is 296 g/mol. The summed E-state index contributed by atoms with van der Waals surface area (Å²) in [7, 11) is 0. The summed E-state index contributed by atoms with van der Waals surface area (Å²) in [6, 6.07) is 8.26. The van der Waals surface area contributed by atoms with Crippen molar-refractivity contribution >= 4 is 33.2 Å². The first-order valence-electron chi connectivity index (χ1n) is 7.38. The molecule has 0 fully saturated rings. The van der Waals surface area contributed by atoms with Gasteiger partial charge in [-0.2, -0.15) is 0 Å². The van der Waals surface area contributed by atoms with E-state index in [-0.39, 0.29) is 0 Å². The van der Waals surface area contributed by atoms with Gasteiger partial charge in [-0.15, -0.1) is 0 Å². The van der Waals surface area contributed by atoms with Crippen LogP contribution in [0.5, 0.6) is 0 Å². The Balaban J connectivity index is 2.00. The SMILES string of the molecule is NCCNc1cnc2c(ccc3cc(NCCN)cnc32)c1. The number of nitrogens with two attached hydrogens (primary N) is 2. The van der Waals surface area contributed by atoms with Gasteiger partial charge in [-0.3, -0.25) is 9.97 Å². The van der Waals surface area contributed by atoms with Gasteiger partial charge in [0.05, 0.1) is 34.8 Å². The minimum absolute atomic E-state index is 0.593. The Bertz CT molecular complexity index is 719. The molecule has 0 aliphatic rings. The maximum Gasteiger partial charge on any atom is 0.0966 e. The molecule has 0 amide bonds. The van der Waals surface area contributed by atoms with Crippen molar-refractivity contribution in [1.82, 2.24) is 9.97 Å². The quantitative estimate of drug-likeness (QED) is 0.514. The molecule has 0 radical (unpaired) electrons. The van der Waals surface area contributed by atoms with Crippen LogP contribution in [0.15, 0.2) is 36.7 Å².